The van der Waals surface area contributed by atoms with Gasteiger partial charge in [0.05, 0.1) is 5.52 Å². The molecule has 23 heavy (non-hydrogen) atoms. The van der Waals surface area contributed by atoms with Gasteiger partial charge in [-0.15, -0.1) is 0 Å². The number of pyridine rings is 1. The maximum atomic E-state index is 12.2. The van der Waals surface area contributed by atoms with E-state index in [0.29, 0.717) is 11.3 Å². The summed E-state index contributed by atoms with van der Waals surface area (Å²) in [6, 6.07) is 8.77. The highest BCUT2D eigenvalue weighted by Gasteiger charge is 2.09. The number of fused-ring (bicyclic) bond motifs is 1. The van der Waals surface area contributed by atoms with Crippen molar-refractivity contribution < 1.29 is 4.79 Å². The fourth-order valence-electron chi connectivity index (χ4n) is 2.28. The lowest BCUT2D eigenvalue weighted by molar-refractivity contribution is 0.102. The minimum atomic E-state index is -0.307. The highest BCUT2D eigenvalue weighted by atomic mass is 16.2. The Morgan fingerprint density at radius 1 is 1.22 bits per heavy atom. The van der Waals surface area contributed by atoms with E-state index in [-0.39, 0.29) is 17.5 Å². The molecule has 0 saturated heterocycles. The van der Waals surface area contributed by atoms with Crippen molar-refractivity contribution in [1.82, 2.24) is 14.3 Å². The minimum absolute atomic E-state index is 0.216. The van der Waals surface area contributed by atoms with Gasteiger partial charge in [-0.3, -0.25) is 14.3 Å². The first kappa shape index (κ1) is 15.0. The summed E-state index contributed by atoms with van der Waals surface area (Å²) >= 11 is 0. The molecule has 0 radical (unpaired) electrons. The molecule has 3 aromatic rings. The van der Waals surface area contributed by atoms with Crippen LogP contribution in [0.25, 0.3) is 10.9 Å². The van der Waals surface area contributed by atoms with E-state index in [4.69, 9.17) is 0 Å². The summed E-state index contributed by atoms with van der Waals surface area (Å²) in [5.74, 6) is -0.307. The molecular weight excluding hydrogens is 292 g/mol. The Balaban J connectivity index is 1.86. The Bertz CT molecular complexity index is 937. The van der Waals surface area contributed by atoms with Crippen molar-refractivity contribution in [3.8, 4) is 0 Å². The van der Waals surface area contributed by atoms with Crippen molar-refractivity contribution in [3.63, 3.8) is 0 Å². The fraction of sp³-hybridized carbons (Fsp3) is 0.235. The molecular formula is C17H18N4O2. The van der Waals surface area contributed by atoms with Gasteiger partial charge in [0.2, 0.25) is 0 Å². The molecule has 2 heterocycles. The second-order valence-electron chi connectivity index (χ2n) is 5.80. The number of amides is 1. The molecule has 1 aromatic carbocycles. The zero-order valence-electron chi connectivity index (χ0n) is 13.3. The lowest BCUT2D eigenvalue weighted by Crippen LogP contribution is -2.19. The average molecular weight is 310 g/mol. The number of anilines is 1. The second-order valence-corrected chi connectivity index (χ2v) is 5.80. The number of rotatable bonds is 3. The Kier molecular flexibility index (Phi) is 3.73. The van der Waals surface area contributed by atoms with E-state index in [1.54, 1.807) is 25.4 Å². The van der Waals surface area contributed by atoms with E-state index in [0.717, 1.165) is 10.9 Å². The number of aryl methyl sites for hydroxylation is 1. The van der Waals surface area contributed by atoms with Crippen LogP contribution in [0, 0.1) is 0 Å². The number of benzene rings is 1. The predicted molar refractivity (Wildman–Crippen MR) is 89.8 cm³/mol. The first-order chi connectivity index (χ1) is 10.9. The van der Waals surface area contributed by atoms with Gasteiger partial charge in [-0.2, -0.15) is 5.10 Å². The van der Waals surface area contributed by atoms with Gasteiger partial charge in [0.15, 0.2) is 0 Å². The van der Waals surface area contributed by atoms with Crippen molar-refractivity contribution in [2.45, 2.75) is 19.9 Å². The lowest BCUT2D eigenvalue weighted by atomic mass is 10.2. The molecule has 1 N–H and O–H groups in total. The first-order valence-electron chi connectivity index (χ1n) is 7.41. The summed E-state index contributed by atoms with van der Waals surface area (Å²) in [5.41, 5.74) is 1.68. The maximum Gasteiger partial charge on any atom is 0.255 e. The third-order valence-corrected chi connectivity index (χ3v) is 3.68. The summed E-state index contributed by atoms with van der Waals surface area (Å²) in [4.78, 5) is 23.9. The van der Waals surface area contributed by atoms with Crippen LogP contribution >= 0.6 is 0 Å². The number of hydrogen-bond donors (Lipinski definition) is 1. The van der Waals surface area contributed by atoms with Crippen LogP contribution in [0.15, 0.2) is 47.5 Å². The number of nitrogens with zero attached hydrogens (tertiary/aromatic N) is 3. The number of carbonyl (C=O) groups excluding carboxylic acids is 1. The van der Waals surface area contributed by atoms with Gasteiger partial charge in [-0.05, 0) is 38.1 Å². The second kappa shape index (κ2) is 5.72. The number of aromatic nitrogens is 3. The molecule has 1 amide bonds. The Morgan fingerprint density at radius 2 is 2.00 bits per heavy atom. The minimum Gasteiger partial charge on any atom is -0.322 e. The summed E-state index contributed by atoms with van der Waals surface area (Å²) in [7, 11) is 1.64. The van der Waals surface area contributed by atoms with Gasteiger partial charge < -0.3 is 9.88 Å². The Morgan fingerprint density at radius 3 is 2.70 bits per heavy atom. The third-order valence-electron chi connectivity index (χ3n) is 3.68. The number of nitrogens with one attached hydrogen (secondary N) is 1. The fourth-order valence-corrected chi connectivity index (χ4v) is 2.28. The first-order valence-corrected chi connectivity index (χ1v) is 7.41. The molecule has 0 aliphatic carbocycles. The van der Waals surface area contributed by atoms with Crippen molar-refractivity contribution in [3.05, 3.63) is 58.6 Å². The van der Waals surface area contributed by atoms with E-state index in [1.165, 1.54) is 10.6 Å². The van der Waals surface area contributed by atoms with Crippen LogP contribution in [0.2, 0.25) is 0 Å². The normalized spacial score (nSPS) is 11.1. The zero-order chi connectivity index (χ0) is 16.6. The van der Waals surface area contributed by atoms with Gasteiger partial charge >= 0.3 is 0 Å². The van der Waals surface area contributed by atoms with E-state index < -0.39 is 0 Å². The SMILES string of the molecule is CC(C)n1cc2cc(NC(=O)c3ccn(C)c(=O)c3)ccc2n1. The van der Waals surface area contributed by atoms with E-state index >= 15 is 0 Å². The molecule has 0 unspecified atom stereocenters. The Labute approximate surface area is 133 Å². The van der Waals surface area contributed by atoms with Gasteiger partial charge in [-0.1, -0.05) is 0 Å². The summed E-state index contributed by atoms with van der Waals surface area (Å²) < 4.78 is 3.31. The standard InChI is InChI=1S/C17H18N4O2/c1-11(2)21-10-13-8-14(4-5-15(13)19-21)18-17(23)12-6-7-20(3)16(22)9-12/h4-11H,1-3H3,(H,18,23). The van der Waals surface area contributed by atoms with E-state index in [1.807, 2.05) is 23.0 Å². The van der Waals surface area contributed by atoms with Crippen molar-refractivity contribution in [1.29, 1.82) is 0 Å². The highest BCUT2D eigenvalue weighted by molar-refractivity contribution is 6.04. The zero-order valence-corrected chi connectivity index (χ0v) is 13.3. The highest BCUT2D eigenvalue weighted by Crippen LogP contribution is 2.20. The largest absolute Gasteiger partial charge is 0.322 e. The van der Waals surface area contributed by atoms with Crippen molar-refractivity contribution in [2.24, 2.45) is 7.05 Å². The van der Waals surface area contributed by atoms with E-state index in [2.05, 4.69) is 24.3 Å². The van der Waals surface area contributed by atoms with Gasteiger partial charge in [0.1, 0.15) is 0 Å². The number of carbonyl (C=O) groups is 1. The molecule has 3 rings (SSSR count). The topological polar surface area (TPSA) is 68.9 Å². The van der Waals surface area contributed by atoms with Crippen LogP contribution < -0.4 is 10.9 Å². The molecule has 0 atom stereocenters. The molecule has 6 nitrogen and oxygen atoms in total. The van der Waals surface area contributed by atoms with Crippen LogP contribution in [-0.4, -0.2) is 20.3 Å². The van der Waals surface area contributed by atoms with Crippen LogP contribution in [0.5, 0.6) is 0 Å². The smallest absolute Gasteiger partial charge is 0.255 e. The third kappa shape index (κ3) is 3.01. The average Bonchev–Trinajstić information content (AvgIpc) is 2.93. The molecule has 6 heteroatoms. The van der Waals surface area contributed by atoms with Gasteiger partial charge in [-0.25, -0.2) is 0 Å². The summed E-state index contributed by atoms with van der Waals surface area (Å²) in [6.07, 6.45) is 3.53. The molecule has 0 spiro atoms. The monoisotopic (exact) mass is 310 g/mol. The van der Waals surface area contributed by atoms with Crippen LogP contribution in [0.1, 0.15) is 30.2 Å². The molecule has 0 bridgehead atoms. The maximum absolute atomic E-state index is 12.2. The molecule has 118 valence electrons. The Hall–Kier alpha value is -2.89. The predicted octanol–water partition coefficient (Wildman–Crippen LogP) is 2.57. The molecule has 0 aliphatic rings. The summed E-state index contributed by atoms with van der Waals surface area (Å²) in [5, 5.41) is 8.24. The van der Waals surface area contributed by atoms with Crippen molar-refractivity contribution >= 4 is 22.5 Å². The summed E-state index contributed by atoms with van der Waals surface area (Å²) in [6.45, 7) is 4.12. The van der Waals surface area contributed by atoms with Gasteiger partial charge in [0.25, 0.3) is 11.5 Å². The van der Waals surface area contributed by atoms with Crippen molar-refractivity contribution in [2.75, 3.05) is 5.32 Å². The number of hydrogen-bond acceptors (Lipinski definition) is 3. The quantitative estimate of drug-likeness (QED) is 0.808. The van der Waals surface area contributed by atoms with Gasteiger partial charge in [0, 0.05) is 48.2 Å². The molecule has 0 fully saturated rings. The van der Waals surface area contributed by atoms with E-state index in [9.17, 15) is 9.59 Å². The van der Waals surface area contributed by atoms with Crippen LogP contribution in [0.4, 0.5) is 5.69 Å². The molecule has 0 saturated carbocycles. The lowest BCUT2D eigenvalue weighted by Gasteiger charge is -2.05. The van der Waals surface area contributed by atoms with Crippen LogP contribution in [-0.2, 0) is 7.05 Å². The van der Waals surface area contributed by atoms with Crippen LogP contribution in [0.3, 0.4) is 0 Å². The molecule has 2 aromatic heterocycles. The molecule has 0 aliphatic heterocycles.